The van der Waals surface area contributed by atoms with E-state index in [4.69, 9.17) is 9.72 Å². The minimum absolute atomic E-state index is 0. The van der Waals surface area contributed by atoms with Crippen LogP contribution in [0.5, 0.6) is 11.5 Å². The average molecular weight is 910 g/mol. The standard InChI is InChI=1S/C49H40N5O.Pt/c1-31-13-11-16-40-41-17-12-14-32(2)48(41)53(47(31)40)34-23-24-50-46(28-34)54-42-18-8-7-15-38(42)39-22-21-36(29-45(39)54)55-37-26-33(49(3,4)5)25-35(27-37)52-30-51(6)43-19-9-10-20-44(43)52;/h7-26,28,30H,1-6H3;/q-3;. The number of rotatable bonds is 5. The molecule has 0 N–H and O–H groups in total. The summed E-state index contributed by atoms with van der Waals surface area (Å²) in [5.74, 6) is 2.06. The zero-order chi connectivity index (χ0) is 37.6. The summed E-state index contributed by atoms with van der Waals surface area (Å²) in [7, 11) is 2.07. The van der Waals surface area contributed by atoms with E-state index in [1.165, 1.54) is 32.9 Å². The first-order valence-corrected chi connectivity index (χ1v) is 18.8. The van der Waals surface area contributed by atoms with Crippen LogP contribution in [0.15, 0.2) is 128 Å². The Morgan fingerprint density at radius 3 is 2.05 bits per heavy atom. The summed E-state index contributed by atoms with van der Waals surface area (Å²) in [4.78, 5) is 9.32. The molecular weight excluding hydrogens is 870 g/mol. The maximum absolute atomic E-state index is 6.73. The Bertz CT molecular complexity index is 2930. The normalized spacial score (nSPS) is 12.9. The second kappa shape index (κ2) is 13.4. The zero-order valence-corrected chi connectivity index (χ0v) is 34.4. The summed E-state index contributed by atoms with van der Waals surface area (Å²) in [5.41, 5.74) is 12.1. The second-order valence-electron chi connectivity index (χ2n) is 15.6. The van der Waals surface area contributed by atoms with Crippen molar-refractivity contribution in [3.63, 3.8) is 0 Å². The van der Waals surface area contributed by atoms with E-state index in [1.807, 2.05) is 12.3 Å². The molecule has 280 valence electrons. The summed E-state index contributed by atoms with van der Waals surface area (Å²) in [6, 6.07) is 50.1. The first-order chi connectivity index (χ1) is 26.6. The summed E-state index contributed by atoms with van der Waals surface area (Å²) in [5, 5.41) is 4.71. The fourth-order valence-electron chi connectivity index (χ4n) is 8.28. The van der Waals surface area contributed by atoms with E-state index in [0.29, 0.717) is 11.5 Å². The largest absolute Gasteiger partial charge is 0.509 e. The molecule has 0 bridgehead atoms. The van der Waals surface area contributed by atoms with Crippen molar-refractivity contribution in [3.8, 4) is 23.0 Å². The van der Waals surface area contributed by atoms with Crippen molar-refractivity contribution >= 4 is 60.7 Å². The number of ether oxygens (including phenoxy) is 1. The van der Waals surface area contributed by atoms with E-state index < -0.39 is 0 Å². The minimum Gasteiger partial charge on any atom is -0.509 e. The SMILES string of the molecule is Cc1cccc2c3cccc(C)c3n(-c3ccnc(-n4c5[c-]c(Oc6[c-]c(N7[CH-]N(C)c8ccccc87)cc(C(C)(C)C)c6)ccc5c5ccccc54)c3)c12.[Pt]. The smallest absolute Gasteiger partial charge is 0.137 e. The molecule has 1 aliphatic heterocycles. The molecule has 3 aromatic heterocycles. The van der Waals surface area contributed by atoms with E-state index in [-0.39, 0.29) is 26.5 Å². The topological polar surface area (TPSA) is 38.5 Å². The minimum atomic E-state index is -0.114. The Morgan fingerprint density at radius 1 is 0.643 bits per heavy atom. The quantitative estimate of drug-likeness (QED) is 0.161. The van der Waals surface area contributed by atoms with Gasteiger partial charge < -0.3 is 23.7 Å². The second-order valence-corrected chi connectivity index (χ2v) is 15.6. The van der Waals surface area contributed by atoms with Gasteiger partial charge in [-0.3, -0.25) is 0 Å². The first-order valence-electron chi connectivity index (χ1n) is 18.8. The van der Waals surface area contributed by atoms with Gasteiger partial charge in [0.1, 0.15) is 5.82 Å². The van der Waals surface area contributed by atoms with Gasteiger partial charge in [0, 0.05) is 72.5 Å². The third-order valence-electron chi connectivity index (χ3n) is 11.0. The molecule has 9 aromatic rings. The fraction of sp³-hybridized carbons (Fsp3) is 0.143. The number of para-hydroxylation sites is 5. The van der Waals surface area contributed by atoms with Gasteiger partial charge in [-0.1, -0.05) is 93.0 Å². The van der Waals surface area contributed by atoms with Crippen molar-refractivity contribution in [2.24, 2.45) is 0 Å². The van der Waals surface area contributed by atoms with Gasteiger partial charge in [-0.05, 0) is 67.1 Å². The number of benzene rings is 6. The van der Waals surface area contributed by atoms with E-state index in [0.717, 1.165) is 55.9 Å². The van der Waals surface area contributed by atoms with E-state index in [1.54, 1.807) is 0 Å². The molecule has 1 aliphatic rings. The number of hydrogen-bond acceptors (Lipinski definition) is 4. The molecule has 4 heterocycles. The molecule has 0 spiro atoms. The van der Waals surface area contributed by atoms with E-state index >= 15 is 0 Å². The predicted molar refractivity (Wildman–Crippen MR) is 227 cm³/mol. The molecule has 10 rings (SSSR count). The fourth-order valence-corrected chi connectivity index (χ4v) is 8.28. The molecule has 0 aliphatic carbocycles. The monoisotopic (exact) mass is 909 g/mol. The summed E-state index contributed by atoms with van der Waals surface area (Å²) < 4.78 is 11.3. The van der Waals surface area contributed by atoms with Gasteiger partial charge in [0.2, 0.25) is 0 Å². The van der Waals surface area contributed by atoms with Crippen LogP contribution in [0.1, 0.15) is 37.5 Å². The molecule has 0 saturated heterocycles. The number of aryl methyl sites for hydroxylation is 2. The van der Waals surface area contributed by atoms with Crippen LogP contribution in [-0.4, -0.2) is 21.2 Å². The number of nitrogens with zero attached hydrogens (tertiary/aromatic N) is 5. The van der Waals surface area contributed by atoms with Gasteiger partial charge in [-0.15, -0.1) is 47.0 Å². The maximum atomic E-state index is 6.73. The molecule has 6 nitrogen and oxygen atoms in total. The van der Waals surface area contributed by atoms with Crippen LogP contribution >= 0.6 is 0 Å². The third kappa shape index (κ3) is 5.69. The van der Waals surface area contributed by atoms with Crippen LogP contribution in [0, 0.1) is 32.6 Å². The Hall–Kier alpha value is -5.84. The molecule has 6 aromatic carbocycles. The Labute approximate surface area is 341 Å². The molecule has 0 amide bonds. The Morgan fingerprint density at radius 2 is 1.32 bits per heavy atom. The van der Waals surface area contributed by atoms with Gasteiger partial charge in [-0.2, -0.15) is 12.7 Å². The van der Waals surface area contributed by atoms with Crippen LogP contribution in [-0.2, 0) is 26.5 Å². The van der Waals surface area contributed by atoms with Gasteiger partial charge in [-0.25, -0.2) is 4.98 Å². The number of hydrogen-bond donors (Lipinski definition) is 0. The first kappa shape index (κ1) is 35.8. The zero-order valence-electron chi connectivity index (χ0n) is 32.2. The van der Waals surface area contributed by atoms with Crippen LogP contribution in [0.25, 0.3) is 55.1 Å². The van der Waals surface area contributed by atoms with Crippen molar-refractivity contribution in [1.82, 2.24) is 14.1 Å². The number of pyridine rings is 1. The van der Waals surface area contributed by atoms with Crippen molar-refractivity contribution in [2.75, 3.05) is 16.8 Å². The van der Waals surface area contributed by atoms with Crippen LogP contribution in [0.2, 0.25) is 0 Å². The molecule has 0 saturated carbocycles. The molecule has 7 heteroatoms. The van der Waals surface area contributed by atoms with Gasteiger partial charge in [0.25, 0.3) is 0 Å². The van der Waals surface area contributed by atoms with Crippen molar-refractivity contribution in [2.45, 2.75) is 40.0 Å². The Kier molecular flexibility index (Phi) is 8.59. The van der Waals surface area contributed by atoms with Gasteiger partial charge in [0.05, 0.1) is 16.7 Å². The van der Waals surface area contributed by atoms with Gasteiger partial charge in [0.15, 0.2) is 0 Å². The third-order valence-corrected chi connectivity index (χ3v) is 11.0. The Balaban J connectivity index is 0.00000410. The molecule has 0 atom stereocenters. The van der Waals surface area contributed by atoms with Crippen LogP contribution in [0.4, 0.5) is 17.1 Å². The summed E-state index contributed by atoms with van der Waals surface area (Å²) in [6.45, 7) is 13.2. The molecule has 0 radical (unpaired) electrons. The molecule has 0 unspecified atom stereocenters. The summed E-state index contributed by atoms with van der Waals surface area (Å²) >= 11 is 0. The maximum Gasteiger partial charge on any atom is 0.137 e. The van der Waals surface area contributed by atoms with E-state index in [9.17, 15) is 0 Å². The van der Waals surface area contributed by atoms with Crippen molar-refractivity contribution in [1.29, 1.82) is 0 Å². The van der Waals surface area contributed by atoms with E-state index in [2.05, 4.69) is 195 Å². The van der Waals surface area contributed by atoms with Crippen LogP contribution in [0.3, 0.4) is 0 Å². The molecule has 0 fully saturated rings. The van der Waals surface area contributed by atoms with Crippen LogP contribution < -0.4 is 14.5 Å². The molecule has 56 heavy (non-hydrogen) atoms. The van der Waals surface area contributed by atoms with Crippen molar-refractivity contribution in [3.05, 3.63) is 163 Å². The number of fused-ring (bicyclic) bond motifs is 7. The number of aromatic nitrogens is 3. The van der Waals surface area contributed by atoms with Gasteiger partial charge >= 0.3 is 0 Å². The number of anilines is 3. The van der Waals surface area contributed by atoms with Crippen molar-refractivity contribution < 1.29 is 25.8 Å². The predicted octanol–water partition coefficient (Wildman–Crippen LogP) is 12.3. The average Bonchev–Trinajstić information content (AvgIpc) is 3.83. The molecular formula is C49H40N5OPt-3. The summed E-state index contributed by atoms with van der Waals surface area (Å²) in [6.07, 6.45) is 1.92.